The summed E-state index contributed by atoms with van der Waals surface area (Å²) >= 11 is 0. The molecule has 0 spiro atoms. The van der Waals surface area contributed by atoms with Gasteiger partial charge in [0.2, 0.25) is 0 Å². The molecule has 4 nitrogen and oxygen atoms in total. The molecule has 0 fully saturated rings. The lowest BCUT2D eigenvalue weighted by Gasteiger charge is -2.19. The molecule has 101 valence electrons. The molecule has 17 heavy (non-hydrogen) atoms. The highest BCUT2D eigenvalue weighted by Crippen LogP contribution is 2.01. The van der Waals surface area contributed by atoms with Gasteiger partial charge >= 0.3 is 0 Å². The Kier molecular flexibility index (Phi) is 18.0. The zero-order chi connectivity index (χ0) is 12.1. The van der Waals surface area contributed by atoms with Crippen molar-refractivity contribution in [3.63, 3.8) is 0 Å². The van der Waals surface area contributed by atoms with Crippen LogP contribution >= 0.6 is 0 Å². The fourth-order valence-electron chi connectivity index (χ4n) is 0.962. The molecule has 0 bridgehead atoms. The van der Waals surface area contributed by atoms with Crippen molar-refractivity contribution in [1.82, 2.24) is 5.39 Å². The first kappa shape index (κ1) is 19.2. The minimum absolute atomic E-state index is 0. The van der Waals surface area contributed by atoms with Crippen LogP contribution in [0.25, 0.3) is 0 Å². The van der Waals surface area contributed by atoms with Crippen molar-refractivity contribution in [3.8, 4) is 0 Å². The lowest BCUT2D eigenvalue weighted by molar-refractivity contribution is -0.526. The number of nitrogens with zero attached hydrogens (tertiary/aromatic N) is 1. The molecule has 5 heteroatoms. The molecular weight excluding hydrogens is 217 g/mol. The summed E-state index contributed by atoms with van der Waals surface area (Å²) in [5, 5.41) is 1.20. The van der Waals surface area contributed by atoms with E-state index in [0.717, 1.165) is 38.5 Å². The smallest absolute Gasteiger partial charge is 0.0766 e. The van der Waals surface area contributed by atoms with Gasteiger partial charge in [0, 0.05) is 8.41 Å². The van der Waals surface area contributed by atoms with Crippen LogP contribution in [0.15, 0.2) is 0 Å². The number of hydrogen-bond donors (Lipinski definition) is 0. The lowest BCUT2D eigenvalue weighted by atomic mass is 10.4. The molecule has 0 amide bonds. The van der Waals surface area contributed by atoms with Gasteiger partial charge in [0.1, 0.15) is 0 Å². The average molecular weight is 244 g/mol. The average Bonchev–Trinajstić information content (AvgIpc) is 2.29. The molecule has 0 aliphatic carbocycles. The van der Waals surface area contributed by atoms with E-state index < -0.39 is 0 Å². The second kappa shape index (κ2) is 15.9. The van der Waals surface area contributed by atoms with E-state index in [9.17, 15) is 0 Å². The SMILES string of the molecule is CCCCON(OCCCC)OCCCC.[B]. The minimum atomic E-state index is 0. The Morgan fingerprint density at radius 3 is 1.18 bits per heavy atom. The molecule has 0 aromatic heterocycles. The van der Waals surface area contributed by atoms with Crippen molar-refractivity contribution < 1.29 is 14.5 Å². The first-order chi connectivity index (χ1) is 7.85. The first-order valence-corrected chi connectivity index (χ1v) is 6.54. The van der Waals surface area contributed by atoms with Gasteiger partial charge in [-0.2, -0.15) is 0 Å². The molecular formula is C12H27BNO3. The molecule has 0 rings (SSSR count). The highest BCUT2D eigenvalue weighted by atomic mass is 17.2. The van der Waals surface area contributed by atoms with E-state index >= 15 is 0 Å². The van der Waals surface area contributed by atoms with Crippen molar-refractivity contribution in [2.75, 3.05) is 19.8 Å². The Hall–Kier alpha value is -0.0951. The quantitative estimate of drug-likeness (QED) is 0.300. The van der Waals surface area contributed by atoms with Crippen LogP contribution in [-0.4, -0.2) is 33.6 Å². The van der Waals surface area contributed by atoms with Gasteiger partial charge in [-0.15, -0.1) is 0 Å². The lowest BCUT2D eigenvalue weighted by Crippen LogP contribution is -2.26. The van der Waals surface area contributed by atoms with E-state index in [2.05, 4.69) is 20.8 Å². The highest BCUT2D eigenvalue weighted by Gasteiger charge is 2.06. The Balaban J connectivity index is 0. The normalized spacial score (nSPS) is 10.6. The van der Waals surface area contributed by atoms with Crippen molar-refractivity contribution in [2.24, 2.45) is 0 Å². The van der Waals surface area contributed by atoms with Crippen LogP contribution in [0.4, 0.5) is 0 Å². The fraction of sp³-hybridized carbons (Fsp3) is 1.00. The van der Waals surface area contributed by atoms with E-state index in [0.29, 0.717) is 19.8 Å². The third-order valence-corrected chi connectivity index (χ3v) is 2.08. The topological polar surface area (TPSA) is 30.9 Å². The first-order valence-electron chi connectivity index (χ1n) is 6.54. The molecule has 0 aromatic rings. The molecule has 0 heterocycles. The van der Waals surface area contributed by atoms with Gasteiger partial charge in [-0.05, 0) is 19.3 Å². The van der Waals surface area contributed by atoms with E-state index in [1.807, 2.05) is 0 Å². The van der Waals surface area contributed by atoms with Gasteiger partial charge in [-0.1, -0.05) is 40.0 Å². The zero-order valence-electron chi connectivity index (χ0n) is 11.6. The third kappa shape index (κ3) is 13.8. The van der Waals surface area contributed by atoms with Crippen LogP contribution in [0.2, 0.25) is 0 Å². The highest BCUT2D eigenvalue weighted by molar-refractivity contribution is 5.75. The molecule has 0 N–H and O–H groups in total. The second-order valence-electron chi connectivity index (χ2n) is 3.78. The summed E-state index contributed by atoms with van der Waals surface area (Å²) in [6.45, 7) is 8.33. The van der Waals surface area contributed by atoms with Crippen LogP contribution in [-0.2, 0) is 14.5 Å². The van der Waals surface area contributed by atoms with Gasteiger partial charge in [-0.3, -0.25) is 14.5 Å². The Bertz CT molecular complexity index is 115. The minimum Gasteiger partial charge on any atom is -0.251 e. The summed E-state index contributed by atoms with van der Waals surface area (Å²) in [4.78, 5) is 16.1. The predicted octanol–water partition coefficient (Wildman–Crippen LogP) is 3.10. The molecule has 0 aliphatic rings. The maximum Gasteiger partial charge on any atom is 0.0766 e. The fourth-order valence-corrected chi connectivity index (χ4v) is 0.962. The summed E-state index contributed by atoms with van der Waals surface area (Å²) in [6, 6.07) is 0. The molecule has 0 aromatic carbocycles. The van der Waals surface area contributed by atoms with E-state index in [4.69, 9.17) is 14.5 Å². The maximum absolute atomic E-state index is 5.36. The van der Waals surface area contributed by atoms with Crippen molar-refractivity contribution in [2.45, 2.75) is 59.3 Å². The Morgan fingerprint density at radius 1 is 0.647 bits per heavy atom. The largest absolute Gasteiger partial charge is 0.251 e. The van der Waals surface area contributed by atoms with Crippen LogP contribution < -0.4 is 0 Å². The molecule has 0 saturated heterocycles. The molecule has 0 atom stereocenters. The maximum atomic E-state index is 5.36. The molecule has 0 saturated carbocycles. The van der Waals surface area contributed by atoms with Gasteiger partial charge in [0.15, 0.2) is 0 Å². The van der Waals surface area contributed by atoms with Crippen molar-refractivity contribution in [3.05, 3.63) is 0 Å². The Labute approximate surface area is 108 Å². The summed E-state index contributed by atoms with van der Waals surface area (Å²) in [5.41, 5.74) is 0. The third-order valence-electron chi connectivity index (χ3n) is 2.08. The standard InChI is InChI=1S/C12H27NO3.B/c1-4-7-10-14-13(15-11-8-5-2)16-12-9-6-3;/h4-12H2,1-3H3;. The number of unbranched alkanes of at least 4 members (excludes halogenated alkanes) is 3. The van der Waals surface area contributed by atoms with E-state index in [1.165, 1.54) is 5.39 Å². The zero-order valence-corrected chi connectivity index (χ0v) is 11.6. The van der Waals surface area contributed by atoms with Crippen molar-refractivity contribution in [1.29, 1.82) is 0 Å². The van der Waals surface area contributed by atoms with Crippen LogP contribution in [0.5, 0.6) is 0 Å². The Morgan fingerprint density at radius 2 is 0.941 bits per heavy atom. The van der Waals surface area contributed by atoms with Gasteiger partial charge in [0.25, 0.3) is 0 Å². The second-order valence-corrected chi connectivity index (χ2v) is 3.78. The number of hydrogen-bond acceptors (Lipinski definition) is 4. The molecule has 0 aliphatic heterocycles. The van der Waals surface area contributed by atoms with Gasteiger partial charge in [0.05, 0.1) is 25.2 Å². The van der Waals surface area contributed by atoms with Crippen LogP contribution in [0.1, 0.15) is 59.3 Å². The molecule has 0 unspecified atom stereocenters. The van der Waals surface area contributed by atoms with Gasteiger partial charge < -0.3 is 0 Å². The number of rotatable bonds is 12. The summed E-state index contributed by atoms with van der Waals surface area (Å²) < 4.78 is 0. The molecule has 3 radical (unpaired) electrons. The monoisotopic (exact) mass is 244 g/mol. The van der Waals surface area contributed by atoms with Crippen LogP contribution in [0, 0.1) is 0 Å². The van der Waals surface area contributed by atoms with Crippen LogP contribution in [0.3, 0.4) is 0 Å². The van der Waals surface area contributed by atoms with E-state index in [1.54, 1.807) is 0 Å². The summed E-state index contributed by atoms with van der Waals surface area (Å²) in [5.74, 6) is 0. The van der Waals surface area contributed by atoms with E-state index in [-0.39, 0.29) is 8.41 Å². The van der Waals surface area contributed by atoms with Gasteiger partial charge in [-0.25, -0.2) is 0 Å². The summed E-state index contributed by atoms with van der Waals surface area (Å²) in [6.07, 6.45) is 6.38. The summed E-state index contributed by atoms with van der Waals surface area (Å²) in [7, 11) is 0. The van der Waals surface area contributed by atoms with Crippen molar-refractivity contribution >= 4 is 8.41 Å². The predicted molar refractivity (Wildman–Crippen MR) is 70.2 cm³/mol.